The molecule has 50 heavy (non-hydrogen) atoms. The smallest absolute Gasteiger partial charge is 0.257 e. The highest BCUT2D eigenvalue weighted by Gasteiger charge is 2.45. The minimum atomic E-state index is -0.372. The summed E-state index contributed by atoms with van der Waals surface area (Å²) in [5.41, 5.74) is 6.89. The molecule has 1 aliphatic carbocycles. The molecule has 10 nitrogen and oxygen atoms in total. The molecule has 9 rings (SSSR count). The molecule has 3 aliphatic rings. The van der Waals surface area contributed by atoms with Gasteiger partial charge in [0.1, 0.15) is 18.0 Å². The molecule has 1 amide bonds. The zero-order valence-corrected chi connectivity index (χ0v) is 28.1. The summed E-state index contributed by atoms with van der Waals surface area (Å²) in [6.45, 7) is 2.40. The number of ether oxygens (including phenoxy) is 1. The summed E-state index contributed by atoms with van der Waals surface area (Å²) in [6.07, 6.45) is 5.80. The Kier molecular flexibility index (Phi) is 7.34. The number of benzene rings is 2. The lowest BCUT2D eigenvalue weighted by Crippen LogP contribution is -2.22. The third-order valence-electron chi connectivity index (χ3n) is 10.0. The normalized spacial score (nSPS) is 17.8. The van der Waals surface area contributed by atoms with E-state index in [4.69, 9.17) is 14.1 Å². The minimum Gasteiger partial charge on any atom is -0.493 e. The van der Waals surface area contributed by atoms with E-state index in [2.05, 4.69) is 25.5 Å². The standard InChI is InChI=1S/C37H31F2N7O3S/c1-18-44-45-36(49-18)29-25(13-7-19-5-8-20(38)9-6-19)42-32-27-4-3-15-46(27)37(47)31(32)30(29)28-16-26-34(50-28)35(41-17-40-26)43-24-14-11-22-21(24)10-12-23(39)33(22)48-2/h5-6,8-10,12,16-17,24,27H,3-4,7,11,13-15H2,1-2H3,(H,40,41,43)/t24-,27?/m0/s1. The molecule has 1 unspecified atom stereocenters. The van der Waals surface area contributed by atoms with Crippen LogP contribution in [-0.2, 0) is 19.3 Å². The molecule has 2 aliphatic heterocycles. The van der Waals surface area contributed by atoms with Gasteiger partial charge in [-0.25, -0.2) is 18.7 Å². The first-order valence-corrected chi connectivity index (χ1v) is 17.5. The molecule has 0 spiro atoms. The number of anilines is 1. The van der Waals surface area contributed by atoms with Crippen molar-refractivity contribution in [3.63, 3.8) is 0 Å². The second kappa shape index (κ2) is 11.9. The van der Waals surface area contributed by atoms with E-state index in [1.165, 1.54) is 43.0 Å². The van der Waals surface area contributed by atoms with Crippen LogP contribution < -0.4 is 10.1 Å². The van der Waals surface area contributed by atoms with Gasteiger partial charge in [0.2, 0.25) is 11.8 Å². The zero-order chi connectivity index (χ0) is 34.1. The summed E-state index contributed by atoms with van der Waals surface area (Å²) in [4.78, 5) is 31.4. The predicted molar refractivity (Wildman–Crippen MR) is 183 cm³/mol. The van der Waals surface area contributed by atoms with Crippen LogP contribution in [0.2, 0.25) is 0 Å². The lowest BCUT2D eigenvalue weighted by molar-refractivity contribution is 0.0776. The molecular formula is C37H31F2N7O3S. The van der Waals surface area contributed by atoms with E-state index in [9.17, 15) is 13.6 Å². The molecule has 2 atom stereocenters. The molecule has 6 heterocycles. The van der Waals surface area contributed by atoms with Gasteiger partial charge in [-0.3, -0.25) is 9.78 Å². The fourth-order valence-electron chi connectivity index (χ4n) is 7.78. The largest absolute Gasteiger partial charge is 0.493 e. The fourth-order valence-corrected chi connectivity index (χ4v) is 8.90. The Labute approximate surface area is 289 Å². The molecule has 252 valence electrons. The number of hydrogen-bond donors (Lipinski definition) is 1. The van der Waals surface area contributed by atoms with Crippen LogP contribution in [0.15, 0.2) is 53.2 Å². The molecule has 1 fully saturated rings. The van der Waals surface area contributed by atoms with Gasteiger partial charge in [0.25, 0.3) is 5.91 Å². The quantitative estimate of drug-likeness (QED) is 0.172. The number of nitrogens with one attached hydrogen (secondary N) is 1. The number of amides is 1. The maximum absolute atomic E-state index is 14.5. The number of fused-ring (bicyclic) bond motifs is 5. The highest BCUT2D eigenvalue weighted by atomic mass is 32.1. The number of carbonyl (C=O) groups is 1. The van der Waals surface area contributed by atoms with Gasteiger partial charge in [0.15, 0.2) is 11.6 Å². The number of aryl methyl sites for hydroxylation is 3. The Hall–Kier alpha value is -5.30. The number of pyridine rings is 1. The number of rotatable bonds is 8. The van der Waals surface area contributed by atoms with Gasteiger partial charge >= 0.3 is 0 Å². The van der Waals surface area contributed by atoms with Gasteiger partial charge in [0.05, 0.1) is 51.9 Å². The average molecular weight is 692 g/mol. The van der Waals surface area contributed by atoms with Gasteiger partial charge in [0, 0.05) is 29.5 Å². The van der Waals surface area contributed by atoms with E-state index in [1.54, 1.807) is 25.1 Å². The number of aromatic nitrogens is 5. The Morgan fingerprint density at radius 2 is 1.90 bits per heavy atom. The van der Waals surface area contributed by atoms with E-state index in [1.807, 2.05) is 11.0 Å². The summed E-state index contributed by atoms with van der Waals surface area (Å²) >= 11 is 1.49. The summed E-state index contributed by atoms with van der Waals surface area (Å²) in [6, 6.07) is 11.5. The third-order valence-corrected chi connectivity index (χ3v) is 11.2. The monoisotopic (exact) mass is 691 g/mol. The van der Waals surface area contributed by atoms with Gasteiger partial charge in [-0.05, 0) is 73.9 Å². The van der Waals surface area contributed by atoms with Crippen LogP contribution in [0.4, 0.5) is 14.6 Å². The lowest BCUT2D eigenvalue weighted by atomic mass is 9.93. The second-order valence-electron chi connectivity index (χ2n) is 12.9. The Balaban J connectivity index is 1.20. The van der Waals surface area contributed by atoms with Crippen LogP contribution in [-0.4, -0.2) is 49.6 Å². The van der Waals surface area contributed by atoms with Gasteiger partial charge in [-0.15, -0.1) is 21.5 Å². The first kappa shape index (κ1) is 30.7. The molecule has 6 aromatic rings. The molecule has 0 saturated carbocycles. The van der Waals surface area contributed by atoms with E-state index >= 15 is 0 Å². The molecular weight excluding hydrogens is 661 g/mol. The van der Waals surface area contributed by atoms with Crippen LogP contribution in [0.5, 0.6) is 5.75 Å². The maximum Gasteiger partial charge on any atom is 0.257 e. The van der Waals surface area contributed by atoms with Crippen LogP contribution in [0.25, 0.3) is 32.1 Å². The number of carbonyl (C=O) groups excluding carboxylic acids is 1. The van der Waals surface area contributed by atoms with E-state index < -0.39 is 0 Å². The second-order valence-corrected chi connectivity index (χ2v) is 14.0. The zero-order valence-electron chi connectivity index (χ0n) is 27.3. The summed E-state index contributed by atoms with van der Waals surface area (Å²) < 4.78 is 40.5. The van der Waals surface area contributed by atoms with Crippen molar-refractivity contribution >= 4 is 33.3 Å². The Bertz CT molecular complexity index is 2320. The predicted octanol–water partition coefficient (Wildman–Crippen LogP) is 7.57. The topological polar surface area (TPSA) is 119 Å². The van der Waals surface area contributed by atoms with E-state index in [-0.39, 0.29) is 41.3 Å². The SMILES string of the molecule is COc1c(F)ccc2c1CC[C@@H]2Nc1ncnc2cc(-c3c4c(nc(CCc5ccc(F)cc5)c3-c3nnc(C)o3)C3CCCN3C4=O)sc12. The molecule has 4 aromatic heterocycles. The lowest BCUT2D eigenvalue weighted by Gasteiger charge is -2.16. The van der Waals surface area contributed by atoms with Crippen LogP contribution in [0.1, 0.15) is 75.7 Å². The van der Waals surface area contributed by atoms with Crippen LogP contribution in [0.3, 0.4) is 0 Å². The summed E-state index contributed by atoms with van der Waals surface area (Å²) in [5, 5.41) is 12.2. The molecule has 1 saturated heterocycles. The van der Waals surface area contributed by atoms with Crippen molar-refractivity contribution < 1.29 is 22.7 Å². The van der Waals surface area contributed by atoms with Crippen LogP contribution in [0, 0.1) is 18.6 Å². The third kappa shape index (κ3) is 4.93. The van der Waals surface area contributed by atoms with Crippen molar-refractivity contribution in [1.29, 1.82) is 0 Å². The van der Waals surface area contributed by atoms with Crippen LogP contribution >= 0.6 is 11.3 Å². The van der Waals surface area contributed by atoms with Crippen molar-refractivity contribution in [3.05, 3.63) is 100.0 Å². The van der Waals surface area contributed by atoms with E-state index in [0.29, 0.717) is 54.2 Å². The highest BCUT2D eigenvalue weighted by Crippen LogP contribution is 2.50. The number of halogens is 2. The van der Waals surface area contributed by atoms with Gasteiger partial charge in [-0.2, -0.15) is 0 Å². The van der Waals surface area contributed by atoms with E-state index in [0.717, 1.165) is 62.4 Å². The molecule has 1 N–H and O–H groups in total. The minimum absolute atomic E-state index is 0.0572. The molecule has 13 heteroatoms. The van der Waals surface area contributed by atoms with Crippen molar-refractivity contribution in [2.45, 2.75) is 57.5 Å². The van der Waals surface area contributed by atoms with Crippen molar-refractivity contribution in [2.75, 3.05) is 19.0 Å². The van der Waals surface area contributed by atoms with Crippen molar-refractivity contribution in [1.82, 2.24) is 30.0 Å². The molecule has 0 bridgehead atoms. The van der Waals surface area contributed by atoms with Crippen molar-refractivity contribution in [2.24, 2.45) is 0 Å². The Morgan fingerprint density at radius 1 is 1.04 bits per heavy atom. The first-order valence-electron chi connectivity index (χ1n) is 16.7. The maximum atomic E-state index is 14.5. The number of nitrogens with zero attached hydrogens (tertiary/aromatic N) is 6. The number of hydrogen-bond acceptors (Lipinski definition) is 10. The number of thiophene rings is 1. The van der Waals surface area contributed by atoms with Gasteiger partial charge in [-0.1, -0.05) is 18.2 Å². The van der Waals surface area contributed by atoms with Crippen molar-refractivity contribution in [3.8, 4) is 27.6 Å². The Morgan fingerprint density at radius 3 is 2.70 bits per heavy atom. The highest BCUT2D eigenvalue weighted by molar-refractivity contribution is 7.22. The average Bonchev–Trinajstić information content (AvgIpc) is 3.96. The fraction of sp³-hybridized carbons (Fsp3) is 0.297. The first-order chi connectivity index (χ1) is 24.4. The summed E-state index contributed by atoms with van der Waals surface area (Å²) in [7, 11) is 1.49. The molecule has 0 radical (unpaired) electrons. The summed E-state index contributed by atoms with van der Waals surface area (Å²) in [5.74, 6) is 0.894. The number of methoxy groups -OCH3 is 1. The van der Waals surface area contributed by atoms with Gasteiger partial charge < -0.3 is 19.4 Å². The molecule has 2 aromatic carbocycles.